The van der Waals surface area contributed by atoms with Gasteiger partial charge in [-0.1, -0.05) is 63.8 Å². The van der Waals surface area contributed by atoms with E-state index < -0.39 is 11.6 Å². The molecule has 6 heteroatoms. The maximum atomic E-state index is 13.1. The van der Waals surface area contributed by atoms with Gasteiger partial charge in [-0.15, -0.1) is 0 Å². The second-order valence-electron chi connectivity index (χ2n) is 9.03. The number of benzene rings is 2. The van der Waals surface area contributed by atoms with Gasteiger partial charge in [-0.25, -0.2) is 4.79 Å². The van der Waals surface area contributed by atoms with Gasteiger partial charge < -0.3 is 19.8 Å². The molecule has 0 aromatic heterocycles. The van der Waals surface area contributed by atoms with Gasteiger partial charge in [-0.2, -0.15) is 0 Å². The molecular weight excluding hydrogens is 430 g/mol. The molecule has 2 aromatic carbocycles. The number of hydrogen-bond donors (Lipinski definition) is 2. The highest BCUT2D eigenvalue weighted by atomic mass is 16.5. The summed E-state index contributed by atoms with van der Waals surface area (Å²) in [5.41, 5.74) is 0.597. The molecule has 2 aromatic rings. The number of carboxylic acids is 1. The number of rotatable bonds is 15. The predicted molar refractivity (Wildman–Crippen MR) is 134 cm³/mol. The van der Waals surface area contributed by atoms with Crippen LogP contribution in [0.5, 0.6) is 11.5 Å². The zero-order valence-corrected chi connectivity index (χ0v) is 20.8. The smallest absolute Gasteiger partial charge is 0.347 e. The quantitative estimate of drug-likeness (QED) is 0.331. The van der Waals surface area contributed by atoms with E-state index in [1.165, 1.54) is 19.3 Å². The maximum absolute atomic E-state index is 13.1. The molecule has 0 aliphatic carbocycles. The fourth-order valence-electron chi connectivity index (χ4n) is 3.72. The summed E-state index contributed by atoms with van der Waals surface area (Å²) in [4.78, 5) is 26.6. The van der Waals surface area contributed by atoms with Crippen LogP contribution >= 0.6 is 0 Å². The van der Waals surface area contributed by atoms with Gasteiger partial charge in [-0.05, 0) is 61.6 Å². The van der Waals surface area contributed by atoms with Gasteiger partial charge in [0, 0.05) is 13.1 Å². The maximum Gasteiger partial charge on any atom is 0.347 e. The van der Waals surface area contributed by atoms with E-state index in [0.29, 0.717) is 38.1 Å². The van der Waals surface area contributed by atoms with Gasteiger partial charge in [0.05, 0.1) is 6.42 Å². The number of unbranched alkanes of at least 4 members (excludes halogenated alkanes) is 4. The lowest BCUT2D eigenvalue weighted by atomic mass is 10.0. The predicted octanol–water partition coefficient (Wildman–Crippen LogP) is 5.61. The third kappa shape index (κ3) is 8.73. The molecule has 0 unspecified atom stereocenters. The second-order valence-corrected chi connectivity index (χ2v) is 9.03. The van der Waals surface area contributed by atoms with Crippen molar-refractivity contribution in [1.82, 2.24) is 4.90 Å². The molecule has 0 saturated heterocycles. The van der Waals surface area contributed by atoms with E-state index in [9.17, 15) is 19.8 Å². The Labute approximate surface area is 203 Å². The molecule has 186 valence electrons. The molecule has 2 rings (SSSR count). The summed E-state index contributed by atoms with van der Waals surface area (Å²) in [5, 5.41) is 19.0. The van der Waals surface area contributed by atoms with Crippen LogP contribution in [0.15, 0.2) is 48.5 Å². The lowest BCUT2D eigenvalue weighted by molar-refractivity contribution is -0.154. The lowest BCUT2D eigenvalue weighted by Gasteiger charge is -2.25. The Morgan fingerprint density at radius 1 is 0.941 bits per heavy atom. The average molecular weight is 470 g/mol. The molecular formula is C28H39NO5. The van der Waals surface area contributed by atoms with Crippen LogP contribution in [0.4, 0.5) is 0 Å². The molecule has 0 fully saturated rings. The zero-order chi connectivity index (χ0) is 25.0. The summed E-state index contributed by atoms with van der Waals surface area (Å²) < 4.78 is 5.80. The number of carbonyl (C=O) groups is 2. The van der Waals surface area contributed by atoms with E-state index in [1.807, 2.05) is 23.1 Å². The second kappa shape index (κ2) is 13.6. The Kier molecular flexibility index (Phi) is 10.9. The molecule has 0 radical (unpaired) electrons. The van der Waals surface area contributed by atoms with Crippen LogP contribution < -0.4 is 4.74 Å². The third-order valence-corrected chi connectivity index (χ3v) is 6.22. The molecule has 0 aliphatic heterocycles. The molecule has 0 aliphatic rings. The highest BCUT2D eigenvalue weighted by Gasteiger charge is 2.33. The van der Waals surface area contributed by atoms with Crippen LogP contribution in [0.1, 0.15) is 70.4 Å². The number of ether oxygens (including phenoxy) is 1. The van der Waals surface area contributed by atoms with Crippen LogP contribution in [0, 0.1) is 0 Å². The summed E-state index contributed by atoms with van der Waals surface area (Å²) in [6.07, 6.45) is 6.94. The highest BCUT2D eigenvalue weighted by molar-refractivity contribution is 5.79. The first kappa shape index (κ1) is 27.2. The van der Waals surface area contributed by atoms with Crippen LogP contribution in [0.2, 0.25) is 0 Å². The normalized spacial score (nSPS) is 12.7. The largest absolute Gasteiger partial charge is 0.508 e. The first-order valence-electron chi connectivity index (χ1n) is 12.3. The van der Waals surface area contributed by atoms with Crippen molar-refractivity contribution >= 4 is 11.9 Å². The number of nitrogens with zero attached hydrogens (tertiary/aromatic N) is 1. The number of carboxylic acid groups (broad SMARTS) is 1. The Morgan fingerprint density at radius 3 is 2.29 bits per heavy atom. The lowest BCUT2D eigenvalue weighted by Crippen LogP contribution is -2.40. The molecule has 1 amide bonds. The van der Waals surface area contributed by atoms with Gasteiger partial charge in [0.1, 0.15) is 11.5 Å². The van der Waals surface area contributed by atoms with Gasteiger partial charge >= 0.3 is 5.97 Å². The number of carbonyl (C=O) groups excluding carboxylic acids is 1. The fraction of sp³-hybridized carbons (Fsp3) is 0.500. The summed E-state index contributed by atoms with van der Waals surface area (Å²) in [6.45, 7) is 6.84. The standard InChI is InChI=1S/C28H39NO5/c1-4-6-7-8-9-18-29(26(31)21-23-13-15-24(30)16-14-23)19-17-22-11-10-12-25(20-22)34-28(3,5-2)27(32)33/h10-16,20,30H,4-9,17-19,21H2,1-3H3,(H,32,33)/t28-/m0/s1. The van der Waals surface area contributed by atoms with E-state index in [1.54, 1.807) is 44.2 Å². The van der Waals surface area contributed by atoms with Crippen LogP contribution in [0.25, 0.3) is 0 Å². The average Bonchev–Trinajstić information content (AvgIpc) is 2.82. The van der Waals surface area contributed by atoms with Crippen LogP contribution in [-0.2, 0) is 22.4 Å². The number of phenols is 1. The zero-order valence-electron chi connectivity index (χ0n) is 20.8. The third-order valence-electron chi connectivity index (χ3n) is 6.22. The van der Waals surface area contributed by atoms with E-state index in [2.05, 4.69) is 6.92 Å². The summed E-state index contributed by atoms with van der Waals surface area (Å²) in [5.74, 6) is -0.216. The van der Waals surface area contributed by atoms with E-state index in [0.717, 1.165) is 24.0 Å². The number of amides is 1. The monoisotopic (exact) mass is 469 g/mol. The molecule has 0 spiro atoms. The van der Waals surface area contributed by atoms with Crippen molar-refractivity contribution in [2.24, 2.45) is 0 Å². The van der Waals surface area contributed by atoms with E-state index in [4.69, 9.17) is 4.74 Å². The Hall–Kier alpha value is -3.02. The van der Waals surface area contributed by atoms with Gasteiger partial charge in [0.25, 0.3) is 0 Å². The molecule has 2 N–H and O–H groups in total. The number of aromatic hydroxyl groups is 1. The van der Waals surface area contributed by atoms with Crippen LogP contribution in [-0.4, -0.2) is 45.7 Å². The topological polar surface area (TPSA) is 87.1 Å². The molecule has 0 saturated carbocycles. The van der Waals surface area contributed by atoms with Crippen molar-refractivity contribution in [1.29, 1.82) is 0 Å². The van der Waals surface area contributed by atoms with Crippen molar-refractivity contribution in [3.63, 3.8) is 0 Å². The fourth-order valence-corrected chi connectivity index (χ4v) is 3.72. The number of aliphatic carboxylic acids is 1. The highest BCUT2D eigenvalue weighted by Crippen LogP contribution is 2.23. The SMILES string of the molecule is CCCCCCCN(CCc1cccc(O[C@@](C)(CC)C(=O)O)c1)C(=O)Cc1ccc(O)cc1. The van der Waals surface area contributed by atoms with Crippen molar-refractivity contribution in [2.45, 2.75) is 77.7 Å². The summed E-state index contributed by atoms with van der Waals surface area (Å²) >= 11 is 0. The Balaban J connectivity index is 2.04. The van der Waals surface area contributed by atoms with Crippen molar-refractivity contribution in [3.8, 4) is 11.5 Å². The molecule has 0 bridgehead atoms. The van der Waals surface area contributed by atoms with Gasteiger partial charge in [0.2, 0.25) is 11.5 Å². The Bertz CT molecular complexity index is 911. The molecule has 0 heterocycles. The summed E-state index contributed by atoms with van der Waals surface area (Å²) in [7, 11) is 0. The first-order chi connectivity index (χ1) is 16.3. The minimum Gasteiger partial charge on any atom is -0.508 e. The van der Waals surface area contributed by atoms with E-state index >= 15 is 0 Å². The van der Waals surface area contributed by atoms with Gasteiger partial charge in [0.15, 0.2) is 0 Å². The van der Waals surface area contributed by atoms with Gasteiger partial charge in [-0.3, -0.25) is 4.79 Å². The molecule has 1 atom stereocenters. The molecule has 6 nitrogen and oxygen atoms in total. The number of phenolic OH excluding ortho intramolecular Hbond substituents is 1. The molecule has 34 heavy (non-hydrogen) atoms. The minimum atomic E-state index is -1.27. The van der Waals surface area contributed by atoms with Crippen molar-refractivity contribution in [3.05, 3.63) is 59.7 Å². The first-order valence-corrected chi connectivity index (χ1v) is 12.3. The van der Waals surface area contributed by atoms with Crippen molar-refractivity contribution in [2.75, 3.05) is 13.1 Å². The minimum absolute atomic E-state index is 0.0676. The van der Waals surface area contributed by atoms with Crippen LogP contribution in [0.3, 0.4) is 0 Å². The number of hydrogen-bond acceptors (Lipinski definition) is 4. The summed E-state index contributed by atoms with van der Waals surface area (Å²) in [6, 6.07) is 14.2. The van der Waals surface area contributed by atoms with Crippen molar-refractivity contribution < 1.29 is 24.5 Å². The Morgan fingerprint density at radius 2 is 1.65 bits per heavy atom. The van der Waals surface area contributed by atoms with E-state index in [-0.39, 0.29) is 11.7 Å².